The van der Waals surface area contributed by atoms with E-state index in [9.17, 15) is 0 Å². The van der Waals surface area contributed by atoms with Gasteiger partial charge in [-0.25, -0.2) is 9.97 Å². The van der Waals surface area contributed by atoms with Gasteiger partial charge in [0, 0.05) is 6.42 Å². The lowest BCUT2D eigenvalue weighted by atomic mass is 10.2. The van der Waals surface area contributed by atoms with E-state index >= 15 is 0 Å². The van der Waals surface area contributed by atoms with Crippen molar-refractivity contribution >= 4 is 11.0 Å². The standard InChI is InChI=1S/C8H7N4/c1-2-3-7-6-4-11-12-8(6)10-5-9-7/h2,4H,1,3H2,(H,9,10,11,12). The van der Waals surface area contributed by atoms with Gasteiger partial charge in [-0.05, 0) is 0 Å². The molecular formula is C8H7N4. The van der Waals surface area contributed by atoms with E-state index in [1.807, 2.05) is 0 Å². The lowest BCUT2D eigenvalue weighted by Crippen LogP contribution is -1.90. The molecule has 2 aromatic rings. The smallest absolute Gasteiger partial charge is 0.200 e. The molecule has 0 unspecified atom stereocenters. The number of aromatic amines is 1. The number of rotatable bonds is 2. The SMILES string of the molecule is C=CCc1n[c]nc2[nH]ncc12. The van der Waals surface area contributed by atoms with Gasteiger partial charge < -0.3 is 0 Å². The molecule has 0 atom stereocenters. The van der Waals surface area contributed by atoms with Gasteiger partial charge in [0.15, 0.2) is 12.0 Å². The highest BCUT2D eigenvalue weighted by atomic mass is 15.1. The van der Waals surface area contributed by atoms with Gasteiger partial charge in [0.25, 0.3) is 0 Å². The summed E-state index contributed by atoms with van der Waals surface area (Å²) in [5.74, 6) is 0. The topological polar surface area (TPSA) is 54.5 Å². The van der Waals surface area contributed by atoms with Crippen molar-refractivity contribution < 1.29 is 0 Å². The third kappa shape index (κ3) is 0.972. The van der Waals surface area contributed by atoms with Crippen molar-refractivity contribution in [3.63, 3.8) is 0 Å². The summed E-state index contributed by atoms with van der Waals surface area (Å²) >= 11 is 0. The molecule has 0 saturated carbocycles. The van der Waals surface area contributed by atoms with Crippen LogP contribution in [0.25, 0.3) is 11.0 Å². The van der Waals surface area contributed by atoms with Gasteiger partial charge in [0.1, 0.15) is 0 Å². The van der Waals surface area contributed by atoms with E-state index in [1.165, 1.54) is 0 Å². The average Bonchev–Trinajstić information content (AvgIpc) is 2.53. The van der Waals surface area contributed by atoms with Crippen LogP contribution in [-0.4, -0.2) is 20.2 Å². The van der Waals surface area contributed by atoms with Crippen LogP contribution in [0.2, 0.25) is 0 Å². The number of allylic oxidation sites excluding steroid dienone is 1. The van der Waals surface area contributed by atoms with E-state index in [4.69, 9.17) is 0 Å². The van der Waals surface area contributed by atoms with Crippen LogP contribution in [0, 0.1) is 6.33 Å². The predicted octanol–water partition coefficient (Wildman–Crippen LogP) is 0.882. The number of hydrogen-bond donors (Lipinski definition) is 1. The monoisotopic (exact) mass is 159 g/mol. The maximum atomic E-state index is 4.00. The van der Waals surface area contributed by atoms with Gasteiger partial charge >= 0.3 is 0 Å². The van der Waals surface area contributed by atoms with E-state index in [1.54, 1.807) is 12.3 Å². The fourth-order valence-corrected chi connectivity index (χ4v) is 1.06. The zero-order valence-corrected chi connectivity index (χ0v) is 6.41. The second kappa shape index (κ2) is 2.73. The molecule has 1 radical (unpaired) electrons. The number of nitrogens with zero attached hydrogens (tertiary/aromatic N) is 3. The lowest BCUT2D eigenvalue weighted by Gasteiger charge is -1.93. The molecule has 2 aromatic heterocycles. The summed E-state index contributed by atoms with van der Waals surface area (Å²) in [4.78, 5) is 7.90. The van der Waals surface area contributed by atoms with Crippen LogP contribution >= 0.6 is 0 Å². The summed E-state index contributed by atoms with van der Waals surface area (Å²) in [6.07, 6.45) is 6.78. The molecule has 0 amide bonds. The van der Waals surface area contributed by atoms with Gasteiger partial charge in [-0.1, -0.05) is 6.08 Å². The zero-order valence-electron chi connectivity index (χ0n) is 6.41. The summed E-state index contributed by atoms with van der Waals surface area (Å²) in [5.41, 5.74) is 1.63. The predicted molar refractivity (Wildman–Crippen MR) is 44.4 cm³/mol. The number of hydrogen-bond acceptors (Lipinski definition) is 3. The number of H-pyrrole nitrogens is 1. The number of fused-ring (bicyclic) bond motifs is 1. The normalized spacial score (nSPS) is 10.3. The Morgan fingerprint density at radius 2 is 2.50 bits per heavy atom. The summed E-state index contributed by atoms with van der Waals surface area (Å²) in [5, 5.41) is 7.55. The molecule has 0 aliphatic rings. The highest BCUT2D eigenvalue weighted by molar-refractivity contribution is 5.76. The molecule has 0 aliphatic heterocycles. The molecule has 12 heavy (non-hydrogen) atoms. The lowest BCUT2D eigenvalue weighted by molar-refractivity contribution is 1.06. The molecule has 1 N–H and O–H groups in total. The van der Waals surface area contributed by atoms with Crippen molar-refractivity contribution in [3.8, 4) is 0 Å². The Morgan fingerprint density at radius 3 is 3.33 bits per heavy atom. The van der Waals surface area contributed by atoms with Gasteiger partial charge in [-0.15, -0.1) is 6.58 Å². The quantitative estimate of drug-likeness (QED) is 0.662. The third-order valence-corrected chi connectivity index (χ3v) is 1.61. The molecule has 4 nitrogen and oxygen atoms in total. The van der Waals surface area contributed by atoms with Crippen molar-refractivity contribution in [2.24, 2.45) is 0 Å². The zero-order chi connectivity index (χ0) is 8.39. The molecule has 0 spiro atoms. The fraction of sp³-hybridized carbons (Fsp3) is 0.125. The summed E-state index contributed by atoms with van der Waals surface area (Å²) in [6, 6.07) is 0. The van der Waals surface area contributed by atoms with Crippen molar-refractivity contribution in [2.75, 3.05) is 0 Å². The van der Waals surface area contributed by atoms with Crippen LogP contribution in [0.1, 0.15) is 5.69 Å². The second-order valence-corrected chi connectivity index (χ2v) is 2.40. The van der Waals surface area contributed by atoms with Crippen molar-refractivity contribution in [2.45, 2.75) is 6.42 Å². The first-order valence-electron chi connectivity index (χ1n) is 3.58. The Kier molecular flexibility index (Phi) is 1.59. The molecule has 0 aromatic carbocycles. The van der Waals surface area contributed by atoms with Crippen LogP contribution < -0.4 is 0 Å². The highest BCUT2D eigenvalue weighted by Gasteiger charge is 2.02. The van der Waals surface area contributed by atoms with Crippen LogP contribution in [0.4, 0.5) is 0 Å². The average molecular weight is 159 g/mol. The number of nitrogens with one attached hydrogen (secondary N) is 1. The Morgan fingerprint density at radius 1 is 1.58 bits per heavy atom. The third-order valence-electron chi connectivity index (χ3n) is 1.61. The van der Waals surface area contributed by atoms with Gasteiger partial charge in [-0.2, -0.15) is 5.10 Å². The molecular weight excluding hydrogens is 152 g/mol. The van der Waals surface area contributed by atoms with Crippen molar-refractivity contribution in [1.82, 2.24) is 20.2 Å². The molecule has 0 saturated heterocycles. The maximum Gasteiger partial charge on any atom is 0.200 e. The Bertz CT molecular complexity index is 404. The van der Waals surface area contributed by atoms with Crippen molar-refractivity contribution in [1.29, 1.82) is 0 Å². The van der Waals surface area contributed by atoms with E-state index in [0.717, 1.165) is 23.1 Å². The summed E-state index contributed by atoms with van der Waals surface area (Å²) in [7, 11) is 0. The first-order chi connectivity index (χ1) is 5.92. The van der Waals surface area contributed by atoms with Crippen molar-refractivity contribution in [3.05, 3.63) is 30.9 Å². The van der Waals surface area contributed by atoms with E-state index in [-0.39, 0.29) is 0 Å². The molecule has 2 heterocycles. The largest absolute Gasteiger partial charge is 0.261 e. The van der Waals surface area contributed by atoms with E-state index in [0.29, 0.717) is 0 Å². The minimum Gasteiger partial charge on any atom is -0.261 e. The first-order valence-corrected chi connectivity index (χ1v) is 3.58. The van der Waals surface area contributed by atoms with Crippen LogP contribution in [0.5, 0.6) is 0 Å². The maximum absolute atomic E-state index is 4.00. The minimum absolute atomic E-state index is 0.717. The van der Waals surface area contributed by atoms with Gasteiger partial charge in [-0.3, -0.25) is 5.10 Å². The molecule has 59 valence electrons. The minimum atomic E-state index is 0.717. The molecule has 2 rings (SSSR count). The van der Waals surface area contributed by atoms with Gasteiger partial charge in [0.05, 0.1) is 17.3 Å². The molecule has 0 fully saturated rings. The molecule has 0 bridgehead atoms. The van der Waals surface area contributed by atoms with Crippen LogP contribution in [0.3, 0.4) is 0 Å². The molecule has 0 aliphatic carbocycles. The summed E-state index contributed by atoms with van der Waals surface area (Å²) in [6.45, 7) is 3.64. The highest BCUT2D eigenvalue weighted by Crippen LogP contribution is 2.10. The second-order valence-electron chi connectivity index (χ2n) is 2.40. The summed E-state index contributed by atoms with van der Waals surface area (Å²) < 4.78 is 0. The van der Waals surface area contributed by atoms with Crippen LogP contribution in [-0.2, 0) is 6.42 Å². The van der Waals surface area contributed by atoms with E-state index < -0.39 is 0 Å². The Balaban J connectivity index is 2.65. The fourth-order valence-electron chi connectivity index (χ4n) is 1.06. The number of aromatic nitrogens is 4. The molecule has 4 heteroatoms. The van der Waals surface area contributed by atoms with Gasteiger partial charge in [0.2, 0.25) is 0 Å². The Labute approximate surface area is 69.4 Å². The Hall–Kier alpha value is -1.71. The van der Waals surface area contributed by atoms with E-state index in [2.05, 4.69) is 33.1 Å². The van der Waals surface area contributed by atoms with Crippen LogP contribution in [0.15, 0.2) is 18.9 Å². The first kappa shape index (κ1) is 6.97.